The molecule has 59 valence electrons. The van der Waals surface area contributed by atoms with E-state index >= 15 is 0 Å². The van der Waals surface area contributed by atoms with Crippen LogP contribution < -0.4 is 29.6 Å². The van der Waals surface area contributed by atoms with E-state index < -0.39 is 9.05 Å². The molecule has 0 amide bonds. The Labute approximate surface area is 96.6 Å². The molecule has 3 nitrogen and oxygen atoms in total. The molecule has 0 aliphatic carbocycles. The molecule has 0 saturated heterocycles. The zero-order valence-electron chi connectivity index (χ0n) is 5.18. The molecule has 2 N–H and O–H groups in total. The van der Waals surface area contributed by atoms with Crippen LogP contribution in [0.25, 0.3) is 0 Å². The van der Waals surface area contributed by atoms with Crippen LogP contribution in [0, 0.1) is 0 Å². The molecule has 9 heteroatoms. The van der Waals surface area contributed by atoms with Crippen LogP contribution in [0.1, 0.15) is 1.43 Å². The SMILES string of the molecule is O=S(O)(O)=S.[Cl][Cu][Cl].[H-].[Na+]. The number of rotatable bonds is 0. The van der Waals surface area contributed by atoms with Crippen molar-refractivity contribution in [3.63, 3.8) is 0 Å². The van der Waals surface area contributed by atoms with E-state index in [2.05, 4.69) is 31.4 Å². The second-order valence-electron chi connectivity index (χ2n) is 0.491. The molecule has 0 saturated carbocycles. The molecule has 0 atom stereocenters. The quantitative estimate of drug-likeness (QED) is 0.510. The molecular weight excluding hydrogens is 270 g/mol. The third kappa shape index (κ3) is 128. The van der Waals surface area contributed by atoms with Crippen molar-refractivity contribution >= 4 is 40.4 Å². The average molecular weight is 273 g/mol. The van der Waals surface area contributed by atoms with Crippen molar-refractivity contribution in [3.05, 3.63) is 0 Å². The molecule has 0 aromatic heterocycles. The first-order valence-electron chi connectivity index (χ1n) is 0.926. The van der Waals surface area contributed by atoms with Crippen LogP contribution in [0.5, 0.6) is 0 Å². The fourth-order valence-electron chi connectivity index (χ4n) is 0. The zero-order chi connectivity index (χ0) is 7.21. The Kier molecular flexibility index (Phi) is 20.2. The maximum atomic E-state index is 9.11. The first-order valence-corrected chi connectivity index (χ1v) is 5.91. The smallest absolute Gasteiger partial charge is 1.00 e. The molecule has 0 aromatic rings. The van der Waals surface area contributed by atoms with Gasteiger partial charge in [0.2, 0.25) is 0 Å². The summed E-state index contributed by atoms with van der Waals surface area (Å²) >= 11 is 4.22. The molecule has 0 heterocycles. The van der Waals surface area contributed by atoms with Crippen LogP contribution in [0.15, 0.2) is 0 Å². The summed E-state index contributed by atoms with van der Waals surface area (Å²) in [5.41, 5.74) is 0. The monoisotopic (exact) mass is 271 g/mol. The first kappa shape index (κ1) is 17.5. The fraction of sp³-hybridized carbons (Fsp3) is 0. The summed E-state index contributed by atoms with van der Waals surface area (Å²) < 4.78 is 24.0. The van der Waals surface area contributed by atoms with E-state index in [4.69, 9.17) is 13.3 Å². The van der Waals surface area contributed by atoms with Crippen molar-refractivity contribution in [3.8, 4) is 0 Å². The van der Waals surface area contributed by atoms with Gasteiger partial charge in [-0.3, -0.25) is 9.11 Å². The minimum absolute atomic E-state index is 0. The first-order chi connectivity index (χ1) is 3.41. The maximum absolute atomic E-state index is 9.11. The summed E-state index contributed by atoms with van der Waals surface area (Å²) in [6, 6.07) is 0. The van der Waals surface area contributed by atoms with Gasteiger partial charge in [0, 0.05) is 11.2 Å². The van der Waals surface area contributed by atoms with Crippen LogP contribution >= 0.6 is 20.2 Å². The van der Waals surface area contributed by atoms with Crippen LogP contribution in [0.4, 0.5) is 0 Å². The molecule has 0 fully saturated rings. The van der Waals surface area contributed by atoms with Gasteiger partial charge in [-0.05, 0) is 0 Å². The summed E-state index contributed by atoms with van der Waals surface area (Å²) in [6.07, 6.45) is 0. The summed E-state index contributed by atoms with van der Waals surface area (Å²) in [4.78, 5) is 0. The minimum atomic E-state index is -3.83. The summed E-state index contributed by atoms with van der Waals surface area (Å²) in [6.45, 7) is 0. The maximum Gasteiger partial charge on any atom is 1.00 e. The Hall–Kier alpha value is 2.39. The Morgan fingerprint density at radius 3 is 1.56 bits per heavy atom. The molecule has 0 rings (SSSR count). The van der Waals surface area contributed by atoms with Gasteiger partial charge in [0.25, 0.3) is 9.05 Å². The molecule has 0 aliphatic rings. The molecule has 0 aromatic carbocycles. The molecule has 0 unspecified atom stereocenters. The topological polar surface area (TPSA) is 57.5 Å². The van der Waals surface area contributed by atoms with Crippen molar-refractivity contribution < 1.29 is 57.4 Å². The Morgan fingerprint density at radius 1 is 1.56 bits per heavy atom. The fourth-order valence-corrected chi connectivity index (χ4v) is 0. The van der Waals surface area contributed by atoms with Crippen molar-refractivity contribution in [2.45, 2.75) is 0 Å². The van der Waals surface area contributed by atoms with Gasteiger partial charge >= 0.3 is 62.9 Å². The minimum Gasteiger partial charge on any atom is -1.00 e. The van der Waals surface area contributed by atoms with E-state index in [-0.39, 0.29) is 31.0 Å². The molecule has 0 bridgehead atoms. The van der Waals surface area contributed by atoms with Crippen molar-refractivity contribution in [2.75, 3.05) is 0 Å². The van der Waals surface area contributed by atoms with Gasteiger partial charge in [-0.15, -0.1) is 0 Å². The standard InChI is InChI=1S/2ClH.Cu.Na.H2O3S2.H/c;;;;1-5(2,3)4;/h2*1H;;;(H2,1,2,3,4);/q;;+2;+1;;-1/p-2. The van der Waals surface area contributed by atoms with E-state index in [1.165, 1.54) is 0 Å². The second-order valence-corrected chi connectivity index (χ2v) is 4.24. The third-order valence-electron chi connectivity index (χ3n) is 0. The predicted molar refractivity (Wildman–Crippen MR) is 33.6 cm³/mol. The van der Waals surface area contributed by atoms with Gasteiger partial charge in [0.1, 0.15) is 0 Å². The van der Waals surface area contributed by atoms with Gasteiger partial charge in [-0.1, -0.05) is 0 Å². The normalized spacial score (nSPS) is 8.89. The molecule has 9 heavy (non-hydrogen) atoms. The second kappa shape index (κ2) is 10.4. The summed E-state index contributed by atoms with van der Waals surface area (Å²) in [5, 5.41) is 0. The predicted octanol–water partition coefficient (Wildman–Crippen LogP) is -1.83. The zero-order valence-corrected chi connectivity index (χ0v) is 10.3. The Bertz CT molecular complexity index is 118. The summed E-state index contributed by atoms with van der Waals surface area (Å²) in [5.74, 6) is 0. The average Bonchev–Trinajstić information content (AvgIpc) is 1.27. The van der Waals surface area contributed by atoms with Crippen molar-refractivity contribution in [1.29, 1.82) is 0 Å². The molecule has 0 radical (unpaired) electrons. The number of halogens is 2. The Morgan fingerprint density at radius 2 is 1.56 bits per heavy atom. The van der Waals surface area contributed by atoms with Crippen molar-refractivity contribution in [1.82, 2.24) is 0 Å². The Balaban J connectivity index is -0.0000000326. The van der Waals surface area contributed by atoms with Gasteiger partial charge in [0.15, 0.2) is 0 Å². The van der Waals surface area contributed by atoms with Gasteiger partial charge in [0.05, 0.1) is 0 Å². The van der Waals surface area contributed by atoms with E-state index in [0.717, 1.165) is 13.1 Å². The van der Waals surface area contributed by atoms with Gasteiger partial charge in [-0.25, -0.2) is 0 Å². The summed E-state index contributed by atoms with van der Waals surface area (Å²) in [7, 11) is 5.51. The van der Waals surface area contributed by atoms with Gasteiger partial charge in [-0.2, -0.15) is 4.21 Å². The largest absolute Gasteiger partial charge is 1.00 e. The number of hydrogen-bond acceptors (Lipinski definition) is 2. The van der Waals surface area contributed by atoms with Crippen LogP contribution in [0.3, 0.4) is 0 Å². The van der Waals surface area contributed by atoms with E-state index in [1.807, 2.05) is 0 Å². The van der Waals surface area contributed by atoms with Crippen LogP contribution in [-0.2, 0) is 33.4 Å². The van der Waals surface area contributed by atoms with Gasteiger partial charge < -0.3 is 1.43 Å². The van der Waals surface area contributed by atoms with E-state index in [1.54, 1.807) is 0 Å². The van der Waals surface area contributed by atoms with Crippen LogP contribution in [0.2, 0.25) is 0 Å². The number of hydrogen-bond donors (Lipinski definition) is 2. The van der Waals surface area contributed by atoms with Crippen molar-refractivity contribution in [2.24, 2.45) is 0 Å². The molecule has 0 aliphatic heterocycles. The third-order valence-corrected chi connectivity index (χ3v) is 0. The van der Waals surface area contributed by atoms with E-state index in [0.29, 0.717) is 0 Å². The molecule has 0 spiro atoms. The van der Waals surface area contributed by atoms with E-state index in [9.17, 15) is 0 Å². The van der Waals surface area contributed by atoms with Crippen LogP contribution in [-0.4, -0.2) is 13.3 Å². The molecular formula is H3Cl2CuNaO3S2.